The standard InChI is InChI=1S/C34H35N3O4S/c1-5-27-30(33(39)40-4)31(24-16-12-9-13-17-24)37-32(38)29(42-34(37)35-27)20-25-18-19-26(36(6-2)7-3)21-28(25)41-22-23-14-10-8-11-15-23/h8-21,31H,5-7,22H2,1-4H3/b29-20+/t31-/m1/s1. The Bertz CT molecular complexity index is 1770. The fraction of sp³-hybridized carbons (Fsp3) is 0.265. The van der Waals surface area contributed by atoms with Gasteiger partial charge in [-0.05, 0) is 49.6 Å². The number of carbonyl (C=O) groups excluding carboxylic acids is 1. The van der Waals surface area contributed by atoms with E-state index in [9.17, 15) is 9.59 Å². The number of fused-ring (bicyclic) bond motifs is 1. The van der Waals surface area contributed by atoms with Crippen LogP contribution in [0.2, 0.25) is 0 Å². The van der Waals surface area contributed by atoms with Gasteiger partial charge in [0.25, 0.3) is 5.56 Å². The summed E-state index contributed by atoms with van der Waals surface area (Å²) in [5, 5.41) is 0. The molecule has 7 nitrogen and oxygen atoms in total. The number of carbonyl (C=O) groups is 1. The largest absolute Gasteiger partial charge is 0.488 e. The van der Waals surface area contributed by atoms with Crippen molar-refractivity contribution in [2.45, 2.75) is 39.8 Å². The first-order valence-electron chi connectivity index (χ1n) is 14.2. The third-order valence-electron chi connectivity index (χ3n) is 7.42. The summed E-state index contributed by atoms with van der Waals surface area (Å²) in [5.41, 5.74) is 4.53. The number of anilines is 1. The molecule has 0 spiro atoms. The number of hydrogen-bond acceptors (Lipinski definition) is 7. The highest BCUT2D eigenvalue weighted by molar-refractivity contribution is 7.07. The number of thiazole rings is 1. The molecule has 216 valence electrons. The van der Waals surface area contributed by atoms with Gasteiger partial charge in [0, 0.05) is 30.4 Å². The van der Waals surface area contributed by atoms with Gasteiger partial charge in [-0.2, -0.15) is 0 Å². The average molecular weight is 582 g/mol. The smallest absolute Gasteiger partial charge is 0.338 e. The summed E-state index contributed by atoms with van der Waals surface area (Å²) in [5.74, 6) is 0.209. The minimum atomic E-state index is -0.633. The molecule has 42 heavy (non-hydrogen) atoms. The van der Waals surface area contributed by atoms with Gasteiger partial charge in [0.1, 0.15) is 12.4 Å². The third-order valence-corrected chi connectivity index (χ3v) is 8.40. The Balaban J connectivity index is 1.66. The SMILES string of the molecule is CCC1=C(C(=O)OC)[C@@H](c2ccccc2)n2c(s/c(=C/c3ccc(N(CC)CC)cc3OCc3ccccc3)c2=O)=N1. The maximum atomic E-state index is 14.1. The summed E-state index contributed by atoms with van der Waals surface area (Å²) in [6.07, 6.45) is 2.40. The second kappa shape index (κ2) is 13.0. The van der Waals surface area contributed by atoms with Crippen LogP contribution in [0.4, 0.5) is 5.69 Å². The van der Waals surface area contributed by atoms with E-state index in [4.69, 9.17) is 14.5 Å². The van der Waals surface area contributed by atoms with Crippen molar-refractivity contribution in [1.82, 2.24) is 4.57 Å². The van der Waals surface area contributed by atoms with E-state index in [1.54, 1.807) is 4.57 Å². The Morgan fingerprint density at radius 1 is 1.00 bits per heavy atom. The highest BCUT2D eigenvalue weighted by Crippen LogP contribution is 2.32. The molecular formula is C34H35N3O4S. The number of rotatable bonds is 10. The lowest BCUT2D eigenvalue weighted by Gasteiger charge is -2.25. The van der Waals surface area contributed by atoms with Gasteiger partial charge in [-0.3, -0.25) is 9.36 Å². The number of hydrogen-bond donors (Lipinski definition) is 0. The Morgan fingerprint density at radius 3 is 2.33 bits per heavy atom. The van der Waals surface area contributed by atoms with Crippen molar-refractivity contribution in [3.05, 3.63) is 127 Å². The average Bonchev–Trinajstić information content (AvgIpc) is 3.35. The zero-order chi connectivity index (χ0) is 29.6. The molecule has 5 rings (SSSR count). The van der Waals surface area contributed by atoms with Crippen LogP contribution in [0.1, 0.15) is 49.9 Å². The van der Waals surface area contributed by atoms with Gasteiger partial charge < -0.3 is 14.4 Å². The molecule has 0 aliphatic carbocycles. The quantitative estimate of drug-likeness (QED) is 0.240. The van der Waals surface area contributed by atoms with Crippen molar-refractivity contribution in [2.75, 3.05) is 25.1 Å². The maximum Gasteiger partial charge on any atom is 0.338 e. The van der Waals surface area contributed by atoms with Crippen LogP contribution in [0, 0.1) is 0 Å². The molecule has 0 fully saturated rings. The van der Waals surface area contributed by atoms with E-state index in [1.165, 1.54) is 18.4 Å². The number of allylic oxidation sites excluding steroid dienone is 1. The van der Waals surface area contributed by atoms with E-state index in [2.05, 4.69) is 24.8 Å². The molecule has 0 saturated carbocycles. The lowest BCUT2D eigenvalue weighted by molar-refractivity contribution is -0.136. The van der Waals surface area contributed by atoms with Gasteiger partial charge in [-0.25, -0.2) is 9.79 Å². The van der Waals surface area contributed by atoms with Crippen molar-refractivity contribution < 1.29 is 14.3 Å². The lowest BCUT2D eigenvalue weighted by Crippen LogP contribution is -2.40. The van der Waals surface area contributed by atoms with Gasteiger partial charge in [-0.1, -0.05) is 78.9 Å². The highest BCUT2D eigenvalue weighted by atomic mass is 32.1. The van der Waals surface area contributed by atoms with Crippen LogP contribution >= 0.6 is 11.3 Å². The minimum absolute atomic E-state index is 0.217. The first kappa shape index (κ1) is 29.1. The second-order valence-electron chi connectivity index (χ2n) is 9.87. The number of esters is 1. The molecule has 0 bridgehead atoms. The molecule has 1 atom stereocenters. The predicted molar refractivity (Wildman–Crippen MR) is 168 cm³/mol. The molecule has 3 aromatic carbocycles. The van der Waals surface area contributed by atoms with Crippen molar-refractivity contribution in [3.8, 4) is 5.75 Å². The first-order chi connectivity index (χ1) is 20.5. The van der Waals surface area contributed by atoms with Gasteiger partial charge in [0.15, 0.2) is 4.80 Å². The Kier molecular flexibility index (Phi) is 9.03. The number of ether oxygens (including phenoxy) is 2. The fourth-order valence-electron chi connectivity index (χ4n) is 5.24. The number of aromatic nitrogens is 1. The molecular weight excluding hydrogens is 546 g/mol. The fourth-order valence-corrected chi connectivity index (χ4v) is 6.25. The number of benzene rings is 3. The summed E-state index contributed by atoms with van der Waals surface area (Å²) >= 11 is 1.31. The van der Waals surface area contributed by atoms with E-state index in [-0.39, 0.29) is 5.56 Å². The monoisotopic (exact) mass is 581 g/mol. The van der Waals surface area contributed by atoms with Crippen molar-refractivity contribution in [1.29, 1.82) is 0 Å². The Labute approximate surface area is 249 Å². The topological polar surface area (TPSA) is 73.1 Å². The van der Waals surface area contributed by atoms with Crippen LogP contribution < -0.4 is 24.5 Å². The van der Waals surface area contributed by atoms with Gasteiger partial charge in [0.2, 0.25) is 0 Å². The highest BCUT2D eigenvalue weighted by Gasteiger charge is 2.33. The Hall–Kier alpha value is -4.43. The van der Waals surface area contributed by atoms with Crippen LogP contribution in [0.25, 0.3) is 6.08 Å². The summed E-state index contributed by atoms with van der Waals surface area (Å²) in [4.78, 5) is 34.7. The minimum Gasteiger partial charge on any atom is -0.488 e. The van der Waals surface area contributed by atoms with E-state index >= 15 is 0 Å². The van der Waals surface area contributed by atoms with Gasteiger partial charge >= 0.3 is 5.97 Å². The van der Waals surface area contributed by atoms with E-state index in [1.807, 2.05) is 85.8 Å². The van der Waals surface area contributed by atoms with Crippen molar-refractivity contribution in [2.24, 2.45) is 4.99 Å². The summed E-state index contributed by atoms with van der Waals surface area (Å²) < 4.78 is 13.6. The van der Waals surface area contributed by atoms with Crippen molar-refractivity contribution >= 4 is 29.1 Å². The summed E-state index contributed by atoms with van der Waals surface area (Å²) in [6.45, 7) is 8.34. The van der Waals surface area contributed by atoms with Crippen molar-refractivity contribution in [3.63, 3.8) is 0 Å². The maximum absolute atomic E-state index is 14.1. The van der Waals surface area contributed by atoms with Gasteiger partial charge in [0.05, 0.1) is 29.0 Å². The summed E-state index contributed by atoms with van der Waals surface area (Å²) in [7, 11) is 1.36. The predicted octanol–water partition coefficient (Wildman–Crippen LogP) is 5.22. The molecule has 8 heteroatoms. The molecule has 1 aliphatic rings. The van der Waals surface area contributed by atoms with E-state index in [0.29, 0.717) is 39.4 Å². The molecule has 0 amide bonds. The third kappa shape index (κ3) is 5.81. The number of methoxy groups -OCH3 is 1. The second-order valence-corrected chi connectivity index (χ2v) is 10.9. The van der Waals surface area contributed by atoms with Crippen LogP contribution in [-0.4, -0.2) is 30.7 Å². The van der Waals surface area contributed by atoms with Crippen LogP contribution in [-0.2, 0) is 16.1 Å². The summed E-state index contributed by atoms with van der Waals surface area (Å²) in [6, 6.07) is 25.0. The van der Waals surface area contributed by atoms with Crippen LogP contribution in [0.5, 0.6) is 5.75 Å². The molecule has 1 aliphatic heterocycles. The Morgan fingerprint density at radius 2 is 1.69 bits per heavy atom. The van der Waals surface area contributed by atoms with E-state index < -0.39 is 12.0 Å². The van der Waals surface area contributed by atoms with Crippen LogP contribution in [0.3, 0.4) is 0 Å². The molecule has 4 aromatic rings. The zero-order valence-electron chi connectivity index (χ0n) is 24.4. The normalized spacial score (nSPS) is 14.8. The molecule has 0 unspecified atom stereocenters. The molecule has 1 aromatic heterocycles. The zero-order valence-corrected chi connectivity index (χ0v) is 25.2. The molecule has 2 heterocycles. The van der Waals surface area contributed by atoms with Gasteiger partial charge in [-0.15, -0.1) is 0 Å². The van der Waals surface area contributed by atoms with Crippen LogP contribution in [0.15, 0.2) is 99.9 Å². The van der Waals surface area contributed by atoms with E-state index in [0.717, 1.165) is 35.5 Å². The molecule has 0 N–H and O–H groups in total. The number of nitrogens with zero attached hydrogens (tertiary/aromatic N) is 3. The molecule has 0 radical (unpaired) electrons. The lowest BCUT2D eigenvalue weighted by atomic mass is 9.95. The molecule has 0 saturated heterocycles. The first-order valence-corrected chi connectivity index (χ1v) is 15.0.